The number of anilines is 1. The number of carboxylic acid groups (broad SMARTS) is 1. The highest BCUT2D eigenvalue weighted by atomic mass is 32.2. The highest BCUT2D eigenvalue weighted by Gasteiger charge is 2.19. The third-order valence-corrected chi connectivity index (χ3v) is 3.38. The fourth-order valence-electron chi connectivity index (χ4n) is 1.22. The second-order valence-electron chi connectivity index (χ2n) is 3.39. The van der Waals surface area contributed by atoms with Crippen LogP contribution < -0.4 is 5.73 Å². The lowest BCUT2D eigenvalue weighted by Crippen LogP contribution is -2.21. The molecule has 0 aliphatic carbocycles. The SMILES string of the molecule is COCC(Sc1cccc(C)c1N)C(=O)O. The van der Waals surface area contributed by atoms with Crippen molar-refractivity contribution < 1.29 is 14.6 Å². The number of nitrogens with two attached hydrogens (primary N) is 1. The minimum atomic E-state index is -0.896. The van der Waals surface area contributed by atoms with E-state index >= 15 is 0 Å². The second-order valence-corrected chi connectivity index (χ2v) is 4.63. The third kappa shape index (κ3) is 3.15. The van der Waals surface area contributed by atoms with E-state index in [0.29, 0.717) is 5.69 Å². The van der Waals surface area contributed by atoms with Crippen LogP contribution in [0.4, 0.5) is 5.69 Å². The molecule has 0 saturated carbocycles. The van der Waals surface area contributed by atoms with Gasteiger partial charge in [0.15, 0.2) is 0 Å². The molecule has 0 aromatic heterocycles. The van der Waals surface area contributed by atoms with Crippen LogP contribution in [0.1, 0.15) is 5.56 Å². The Morgan fingerprint density at radius 1 is 1.62 bits per heavy atom. The van der Waals surface area contributed by atoms with Crippen LogP contribution in [0.5, 0.6) is 0 Å². The Bertz CT molecular complexity index is 381. The number of ether oxygens (including phenoxy) is 1. The Morgan fingerprint density at radius 2 is 2.31 bits per heavy atom. The van der Waals surface area contributed by atoms with Crippen molar-refractivity contribution in [1.82, 2.24) is 0 Å². The number of carbonyl (C=O) groups is 1. The standard InChI is InChI=1S/C11H15NO3S/c1-7-4-3-5-8(10(7)12)16-9(6-15-2)11(13)14/h3-5,9H,6,12H2,1-2H3,(H,13,14). The topological polar surface area (TPSA) is 72.5 Å². The van der Waals surface area contributed by atoms with Gasteiger partial charge in [-0.3, -0.25) is 4.79 Å². The van der Waals surface area contributed by atoms with Gasteiger partial charge in [-0.25, -0.2) is 0 Å². The van der Waals surface area contributed by atoms with Gasteiger partial charge in [0.05, 0.1) is 6.61 Å². The van der Waals surface area contributed by atoms with Gasteiger partial charge in [-0.2, -0.15) is 0 Å². The van der Waals surface area contributed by atoms with E-state index in [-0.39, 0.29) is 6.61 Å². The summed E-state index contributed by atoms with van der Waals surface area (Å²) in [6, 6.07) is 5.57. The fourth-order valence-corrected chi connectivity index (χ4v) is 2.27. The maximum Gasteiger partial charge on any atom is 0.319 e. The van der Waals surface area contributed by atoms with Gasteiger partial charge >= 0.3 is 5.97 Å². The van der Waals surface area contributed by atoms with Crippen LogP contribution >= 0.6 is 11.8 Å². The molecule has 0 aliphatic rings. The van der Waals surface area contributed by atoms with Crippen molar-refractivity contribution in [2.75, 3.05) is 19.5 Å². The molecule has 0 saturated heterocycles. The zero-order valence-corrected chi connectivity index (χ0v) is 10.1. The lowest BCUT2D eigenvalue weighted by molar-refractivity contribution is -0.137. The van der Waals surface area contributed by atoms with Gasteiger partial charge in [0, 0.05) is 17.7 Å². The zero-order valence-electron chi connectivity index (χ0n) is 9.27. The van der Waals surface area contributed by atoms with Crippen molar-refractivity contribution >= 4 is 23.4 Å². The van der Waals surface area contributed by atoms with E-state index in [1.54, 1.807) is 0 Å². The van der Waals surface area contributed by atoms with Gasteiger partial charge in [0.1, 0.15) is 5.25 Å². The number of aliphatic carboxylic acids is 1. The van der Waals surface area contributed by atoms with E-state index in [4.69, 9.17) is 15.6 Å². The molecule has 5 heteroatoms. The summed E-state index contributed by atoms with van der Waals surface area (Å²) in [5.74, 6) is -0.896. The molecule has 0 heterocycles. The lowest BCUT2D eigenvalue weighted by Gasteiger charge is -2.13. The molecule has 0 radical (unpaired) electrons. The van der Waals surface area contributed by atoms with E-state index in [0.717, 1.165) is 10.5 Å². The summed E-state index contributed by atoms with van der Waals surface area (Å²) in [7, 11) is 1.48. The Kier molecular flexibility index (Phi) is 4.64. The molecule has 0 spiro atoms. The number of benzene rings is 1. The first-order valence-corrected chi connectivity index (χ1v) is 5.67. The predicted molar refractivity (Wildman–Crippen MR) is 64.7 cm³/mol. The number of methoxy groups -OCH3 is 1. The van der Waals surface area contributed by atoms with E-state index in [9.17, 15) is 4.79 Å². The maximum absolute atomic E-state index is 10.9. The van der Waals surface area contributed by atoms with Crippen LogP contribution in [0.25, 0.3) is 0 Å². The summed E-state index contributed by atoms with van der Waals surface area (Å²) in [5.41, 5.74) is 7.46. The smallest absolute Gasteiger partial charge is 0.319 e. The number of thioether (sulfide) groups is 1. The summed E-state index contributed by atoms with van der Waals surface area (Å²) in [5, 5.41) is 8.35. The van der Waals surface area contributed by atoms with Crippen LogP contribution in [-0.4, -0.2) is 30.0 Å². The molecular weight excluding hydrogens is 226 g/mol. The molecule has 0 aliphatic heterocycles. The van der Waals surface area contributed by atoms with Gasteiger partial charge in [0.2, 0.25) is 0 Å². The molecule has 3 N–H and O–H groups in total. The number of nitrogen functional groups attached to an aromatic ring is 1. The first-order chi connectivity index (χ1) is 7.56. The molecule has 1 atom stereocenters. The van der Waals surface area contributed by atoms with E-state index in [1.807, 2.05) is 25.1 Å². The Morgan fingerprint density at radius 3 is 2.88 bits per heavy atom. The molecule has 0 bridgehead atoms. The molecule has 88 valence electrons. The molecule has 1 unspecified atom stereocenters. The first kappa shape index (κ1) is 12.9. The average molecular weight is 241 g/mol. The summed E-state index contributed by atoms with van der Waals surface area (Å²) in [4.78, 5) is 11.7. The molecule has 16 heavy (non-hydrogen) atoms. The lowest BCUT2D eigenvalue weighted by atomic mass is 10.2. The van der Waals surface area contributed by atoms with Crippen LogP contribution in [0.15, 0.2) is 23.1 Å². The Balaban J connectivity index is 2.85. The van der Waals surface area contributed by atoms with Gasteiger partial charge in [-0.05, 0) is 18.6 Å². The number of carboxylic acids is 1. The van der Waals surface area contributed by atoms with Crippen LogP contribution in [-0.2, 0) is 9.53 Å². The van der Waals surface area contributed by atoms with Crippen molar-refractivity contribution in [1.29, 1.82) is 0 Å². The van der Waals surface area contributed by atoms with Gasteiger partial charge in [-0.1, -0.05) is 12.1 Å². The van der Waals surface area contributed by atoms with E-state index in [1.165, 1.54) is 18.9 Å². The van der Waals surface area contributed by atoms with Crippen LogP contribution in [0.2, 0.25) is 0 Å². The zero-order chi connectivity index (χ0) is 12.1. The predicted octanol–water partition coefficient (Wildman–Crippen LogP) is 1.77. The molecule has 4 nitrogen and oxygen atoms in total. The minimum Gasteiger partial charge on any atom is -0.480 e. The third-order valence-electron chi connectivity index (χ3n) is 2.15. The number of para-hydroxylation sites is 1. The largest absolute Gasteiger partial charge is 0.480 e. The monoisotopic (exact) mass is 241 g/mol. The van der Waals surface area contributed by atoms with Crippen molar-refractivity contribution in [3.8, 4) is 0 Å². The Hall–Kier alpha value is -1.20. The molecule has 0 fully saturated rings. The maximum atomic E-state index is 10.9. The van der Waals surface area contributed by atoms with Crippen molar-refractivity contribution in [3.05, 3.63) is 23.8 Å². The first-order valence-electron chi connectivity index (χ1n) is 4.79. The summed E-state index contributed by atoms with van der Waals surface area (Å²) >= 11 is 1.21. The van der Waals surface area contributed by atoms with Gasteiger partial charge < -0.3 is 15.6 Å². The fraction of sp³-hybridized carbons (Fsp3) is 0.364. The molecule has 1 aromatic rings. The van der Waals surface area contributed by atoms with Crippen molar-refractivity contribution in [2.24, 2.45) is 0 Å². The minimum absolute atomic E-state index is 0.160. The number of rotatable bonds is 5. The van der Waals surface area contributed by atoms with Crippen molar-refractivity contribution in [2.45, 2.75) is 17.1 Å². The number of hydrogen-bond donors (Lipinski definition) is 2. The van der Waals surface area contributed by atoms with Crippen LogP contribution in [0, 0.1) is 6.92 Å². The molecule has 0 amide bonds. The van der Waals surface area contributed by atoms with Gasteiger partial charge in [0.25, 0.3) is 0 Å². The highest BCUT2D eigenvalue weighted by Crippen LogP contribution is 2.30. The van der Waals surface area contributed by atoms with Crippen LogP contribution in [0.3, 0.4) is 0 Å². The number of hydrogen-bond acceptors (Lipinski definition) is 4. The summed E-state index contributed by atoms with van der Waals surface area (Å²) in [6.07, 6.45) is 0. The average Bonchev–Trinajstić information content (AvgIpc) is 2.23. The summed E-state index contributed by atoms with van der Waals surface area (Å²) < 4.78 is 4.87. The highest BCUT2D eigenvalue weighted by molar-refractivity contribution is 8.00. The van der Waals surface area contributed by atoms with Gasteiger partial charge in [-0.15, -0.1) is 11.8 Å². The summed E-state index contributed by atoms with van der Waals surface area (Å²) in [6.45, 7) is 2.05. The normalized spacial score (nSPS) is 12.4. The Labute approximate surface area is 98.8 Å². The molecule has 1 aromatic carbocycles. The number of aryl methyl sites for hydroxylation is 1. The second kappa shape index (κ2) is 5.77. The molecule has 1 rings (SSSR count). The molecular formula is C11H15NO3S. The van der Waals surface area contributed by atoms with E-state index in [2.05, 4.69) is 0 Å². The quantitative estimate of drug-likeness (QED) is 0.607. The van der Waals surface area contributed by atoms with Crippen molar-refractivity contribution in [3.63, 3.8) is 0 Å². The van der Waals surface area contributed by atoms with E-state index < -0.39 is 11.2 Å².